The van der Waals surface area contributed by atoms with Crippen molar-refractivity contribution in [3.05, 3.63) is 0 Å². The second kappa shape index (κ2) is 20.4. The highest BCUT2D eigenvalue weighted by atomic mass is 79.9. The van der Waals surface area contributed by atoms with E-state index >= 15 is 0 Å². The molecule has 0 rings (SSSR count). The lowest BCUT2D eigenvalue weighted by Crippen LogP contribution is -2.33. The predicted molar refractivity (Wildman–Crippen MR) is 107 cm³/mol. The zero-order valence-corrected chi connectivity index (χ0v) is 17.9. The molecule has 0 radical (unpaired) electrons. The summed E-state index contributed by atoms with van der Waals surface area (Å²) in [6.07, 6.45) is 13.9. The molecule has 0 unspecified atom stereocenters. The Hall–Kier alpha value is 0.360. The van der Waals surface area contributed by atoms with Gasteiger partial charge in [0.2, 0.25) is 0 Å². The molecule has 3 nitrogen and oxygen atoms in total. The van der Waals surface area contributed by atoms with Gasteiger partial charge in [-0.15, -0.1) is 17.0 Å². The van der Waals surface area contributed by atoms with Crippen LogP contribution < -0.4 is 0 Å². The van der Waals surface area contributed by atoms with Crippen LogP contribution in [0.15, 0.2) is 0 Å². The molecule has 0 aromatic rings. The van der Waals surface area contributed by atoms with Crippen molar-refractivity contribution < 1.29 is 9.47 Å². The van der Waals surface area contributed by atoms with Crippen LogP contribution in [0.1, 0.15) is 85.0 Å². The molecule has 0 aromatic carbocycles. The minimum Gasteiger partial charge on any atom is -0.352 e. The third-order valence-corrected chi connectivity index (χ3v) is 4.06. The SMILES string of the molecule is Br.CCCCCCCCCCCCN(C)CC(OCC)OCC. The number of likely N-dealkylation sites (N-methyl/N-ethyl adjacent to an activating group) is 1. The first kappa shape index (κ1) is 25.6. The molecule has 142 valence electrons. The molecule has 0 aliphatic rings. The monoisotopic (exact) mass is 395 g/mol. The van der Waals surface area contributed by atoms with E-state index in [0.717, 1.165) is 26.3 Å². The third kappa shape index (κ3) is 18.5. The van der Waals surface area contributed by atoms with E-state index in [2.05, 4.69) is 18.9 Å². The summed E-state index contributed by atoms with van der Waals surface area (Å²) in [7, 11) is 2.17. The molecule has 0 N–H and O–H groups in total. The molecule has 0 atom stereocenters. The highest BCUT2D eigenvalue weighted by Gasteiger charge is 2.10. The van der Waals surface area contributed by atoms with Gasteiger partial charge in [-0.3, -0.25) is 0 Å². The van der Waals surface area contributed by atoms with Gasteiger partial charge in [0.1, 0.15) is 0 Å². The van der Waals surface area contributed by atoms with Gasteiger partial charge in [-0.25, -0.2) is 0 Å². The number of hydrogen-bond donors (Lipinski definition) is 0. The van der Waals surface area contributed by atoms with Gasteiger partial charge in [0.25, 0.3) is 0 Å². The van der Waals surface area contributed by atoms with Crippen LogP contribution in [-0.2, 0) is 9.47 Å². The molecular formula is C19H42BrNO2. The van der Waals surface area contributed by atoms with Crippen LogP contribution in [0.5, 0.6) is 0 Å². The molecule has 0 aromatic heterocycles. The topological polar surface area (TPSA) is 21.7 Å². The molecule has 4 heteroatoms. The smallest absolute Gasteiger partial charge is 0.170 e. The second-order valence-corrected chi connectivity index (χ2v) is 6.28. The largest absolute Gasteiger partial charge is 0.352 e. The number of rotatable bonds is 17. The average molecular weight is 396 g/mol. The first-order valence-electron chi connectivity index (χ1n) is 9.66. The van der Waals surface area contributed by atoms with Crippen molar-refractivity contribution in [1.29, 1.82) is 0 Å². The average Bonchev–Trinajstić information content (AvgIpc) is 2.49. The normalized spacial score (nSPS) is 11.2. The van der Waals surface area contributed by atoms with Gasteiger partial charge in [0.15, 0.2) is 6.29 Å². The van der Waals surface area contributed by atoms with Gasteiger partial charge in [-0.2, -0.15) is 0 Å². The zero-order valence-electron chi connectivity index (χ0n) is 16.1. The Morgan fingerprint density at radius 1 is 0.696 bits per heavy atom. The fourth-order valence-electron chi connectivity index (χ4n) is 2.74. The summed E-state index contributed by atoms with van der Waals surface area (Å²) in [4.78, 5) is 2.33. The molecule has 0 aliphatic heterocycles. The lowest BCUT2D eigenvalue weighted by Gasteiger charge is -2.23. The minimum absolute atomic E-state index is 0. The van der Waals surface area contributed by atoms with Crippen LogP contribution in [0.2, 0.25) is 0 Å². The maximum Gasteiger partial charge on any atom is 0.170 e. The van der Waals surface area contributed by atoms with Crippen LogP contribution in [0.25, 0.3) is 0 Å². The minimum atomic E-state index is -0.0666. The molecule has 0 spiro atoms. The van der Waals surface area contributed by atoms with Crippen LogP contribution in [0, 0.1) is 0 Å². The molecule has 0 saturated carbocycles. The van der Waals surface area contributed by atoms with Gasteiger partial charge in [-0.05, 0) is 33.9 Å². The molecule has 0 bridgehead atoms. The number of nitrogens with zero attached hydrogens (tertiary/aromatic N) is 1. The fourth-order valence-corrected chi connectivity index (χ4v) is 2.74. The highest BCUT2D eigenvalue weighted by Crippen LogP contribution is 2.10. The first-order chi connectivity index (χ1) is 10.7. The van der Waals surface area contributed by atoms with E-state index in [1.165, 1.54) is 64.2 Å². The Labute approximate surface area is 156 Å². The van der Waals surface area contributed by atoms with Gasteiger partial charge in [0, 0.05) is 19.8 Å². The first-order valence-corrected chi connectivity index (χ1v) is 9.66. The third-order valence-electron chi connectivity index (χ3n) is 4.06. The quantitative estimate of drug-likeness (QED) is 0.229. The lowest BCUT2D eigenvalue weighted by atomic mass is 10.1. The molecule has 0 saturated heterocycles. The van der Waals surface area contributed by atoms with Crippen molar-refractivity contribution in [2.24, 2.45) is 0 Å². The Kier molecular flexibility index (Phi) is 22.7. The van der Waals surface area contributed by atoms with E-state index in [-0.39, 0.29) is 23.3 Å². The molecule has 23 heavy (non-hydrogen) atoms. The van der Waals surface area contributed by atoms with E-state index in [4.69, 9.17) is 9.47 Å². The molecule has 0 amide bonds. The fraction of sp³-hybridized carbons (Fsp3) is 1.00. The summed E-state index contributed by atoms with van der Waals surface area (Å²) in [5.41, 5.74) is 0. The van der Waals surface area contributed by atoms with E-state index in [1.807, 2.05) is 13.8 Å². The maximum absolute atomic E-state index is 5.59. The van der Waals surface area contributed by atoms with Crippen LogP contribution >= 0.6 is 17.0 Å². The van der Waals surface area contributed by atoms with E-state index < -0.39 is 0 Å². The van der Waals surface area contributed by atoms with Gasteiger partial charge >= 0.3 is 0 Å². The summed E-state index contributed by atoms with van der Waals surface area (Å²) >= 11 is 0. The second-order valence-electron chi connectivity index (χ2n) is 6.28. The molecule has 0 aliphatic carbocycles. The summed E-state index contributed by atoms with van der Waals surface area (Å²) in [5, 5.41) is 0. The summed E-state index contributed by atoms with van der Waals surface area (Å²) < 4.78 is 11.2. The molecular weight excluding hydrogens is 354 g/mol. The van der Waals surface area contributed by atoms with E-state index in [0.29, 0.717) is 0 Å². The van der Waals surface area contributed by atoms with E-state index in [9.17, 15) is 0 Å². The van der Waals surface area contributed by atoms with Crippen LogP contribution in [0.4, 0.5) is 0 Å². The zero-order chi connectivity index (χ0) is 16.5. The van der Waals surface area contributed by atoms with Crippen LogP contribution in [-0.4, -0.2) is 44.5 Å². The Morgan fingerprint density at radius 2 is 1.13 bits per heavy atom. The van der Waals surface area contributed by atoms with Crippen molar-refractivity contribution in [1.82, 2.24) is 4.90 Å². The Morgan fingerprint density at radius 3 is 1.57 bits per heavy atom. The van der Waals surface area contributed by atoms with Crippen molar-refractivity contribution in [3.63, 3.8) is 0 Å². The standard InChI is InChI=1S/C19H41NO2.BrH/c1-5-8-9-10-11-12-13-14-15-16-17-20(4)18-19(21-6-2)22-7-3;/h19H,5-18H2,1-4H3;1H. The maximum atomic E-state index is 5.59. The van der Waals surface area contributed by atoms with Crippen molar-refractivity contribution in [2.45, 2.75) is 91.3 Å². The van der Waals surface area contributed by atoms with Crippen molar-refractivity contribution >= 4 is 17.0 Å². The number of hydrogen-bond acceptors (Lipinski definition) is 3. The summed E-state index contributed by atoms with van der Waals surface area (Å²) in [6.45, 7) is 9.78. The Balaban J connectivity index is 0. The Bertz CT molecular complexity index is 212. The van der Waals surface area contributed by atoms with Crippen LogP contribution in [0.3, 0.4) is 0 Å². The number of halogens is 1. The number of ether oxygens (including phenoxy) is 2. The molecule has 0 fully saturated rings. The van der Waals surface area contributed by atoms with Gasteiger partial charge in [0.05, 0.1) is 0 Å². The highest BCUT2D eigenvalue weighted by molar-refractivity contribution is 8.93. The number of unbranched alkanes of at least 4 members (excludes halogenated alkanes) is 9. The van der Waals surface area contributed by atoms with Crippen molar-refractivity contribution in [2.75, 3.05) is 33.4 Å². The predicted octanol–water partition coefficient (Wildman–Crippen LogP) is 5.82. The molecule has 0 heterocycles. The van der Waals surface area contributed by atoms with Gasteiger partial charge in [-0.1, -0.05) is 64.7 Å². The lowest BCUT2D eigenvalue weighted by molar-refractivity contribution is -0.145. The van der Waals surface area contributed by atoms with Crippen molar-refractivity contribution in [3.8, 4) is 0 Å². The summed E-state index contributed by atoms with van der Waals surface area (Å²) in [6, 6.07) is 0. The van der Waals surface area contributed by atoms with Gasteiger partial charge < -0.3 is 14.4 Å². The van der Waals surface area contributed by atoms with E-state index in [1.54, 1.807) is 0 Å². The summed E-state index contributed by atoms with van der Waals surface area (Å²) in [5.74, 6) is 0.